The van der Waals surface area contributed by atoms with Crippen molar-refractivity contribution < 1.29 is 33.4 Å². The summed E-state index contributed by atoms with van der Waals surface area (Å²) in [6.45, 7) is 14.4. The molecule has 1 aromatic carbocycles. The van der Waals surface area contributed by atoms with Crippen LogP contribution in [0.1, 0.15) is 73.3 Å². The largest absolute Gasteiger partial charge is 0.461 e. The first-order valence-corrected chi connectivity index (χ1v) is 14.9. The van der Waals surface area contributed by atoms with Crippen LogP contribution in [-0.2, 0) is 35.3 Å². The van der Waals surface area contributed by atoms with Gasteiger partial charge in [0.05, 0.1) is 13.2 Å². The second kappa shape index (κ2) is 18.2. The molecule has 0 aliphatic rings. The molecule has 1 aromatic rings. The molecule has 248 valence electrons. The van der Waals surface area contributed by atoms with Crippen LogP contribution in [-0.4, -0.2) is 68.1 Å². The molecule has 0 aromatic heterocycles. The van der Waals surface area contributed by atoms with E-state index in [2.05, 4.69) is 21.3 Å². The lowest BCUT2D eigenvalue weighted by molar-refractivity contribution is -0.142. The maximum Gasteiger partial charge on any atom is 0.312 e. The van der Waals surface area contributed by atoms with E-state index in [9.17, 15) is 24.0 Å². The third-order valence-corrected chi connectivity index (χ3v) is 6.71. The normalized spacial score (nSPS) is 13.0. The minimum absolute atomic E-state index is 0.105. The molecule has 0 bridgehead atoms. The molecule has 2 atom stereocenters. The number of anilines is 1. The van der Waals surface area contributed by atoms with Gasteiger partial charge in [0.1, 0.15) is 18.7 Å². The highest BCUT2D eigenvalue weighted by Crippen LogP contribution is 2.23. The highest BCUT2D eigenvalue weighted by Gasteiger charge is 2.31. The van der Waals surface area contributed by atoms with Crippen LogP contribution < -0.4 is 32.7 Å². The van der Waals surface area contributed by atoms with Crippen molar-refractivity contribution in [2.75, 3.05) is 31.6 Å². The van der Waals surface area contributed by atoms with E-state index in [0.29, 0.717) is 31.9 Å². The predicted molar refractivity (Wildman–Crippen MR) is 168 cm³/mol. The summed E-state index contributed by atoms with van der Waals surface area (Å²) in [5.41, 5.74) is 11.5. The van der Waals surface area contributed by atoms with Crippen LogP contribution in [0.5, 0.6) is 0 Å². The van der Waals surface area contributed by atoms with Gasteiger partial charge < -0.3 is 42.2 Å². The molecule has 0 spiro atoms. The number of urea groups is 1. The van der Waals surface area contributed by atoms with Crippen molar-refractivity contribution in [2.45, 2.75) is 86.4 Å². The van der Waals surface area contributed by atoms with Gasteiger partial charge in [0, 0.05) is 31.0 Å². The number of benzene rings is 1. The summed E-state index contributed by atoms with van der Waals surface area (Å²) in [6, 6.07) is 4.18. The summed E-state index contributed by atoms with van der Waals surface area (Å²) >= 11 is 0. The maximum absolute atomic E-state index is 13.4. The summed E-state index contributed by atoms with van der Waals surface area (Å²) < 4.78 is 10.8. The van der Waals surface area contributed by atoms with Crippen molar-refractivity contribution in [1.82, 2.24) is 16.0 Å². The molecule has 0 unspecified atom stereocenters. The lowest BCUT2D eigenvalue weighted by Crippen LogP contribution is -2.55. The molecule has 0 saturated heterocycles. The molecule has 0 radical (unpaired) electrons. The molecule has 0 aliphatic heterocycles. The second-order valence-electron chi connectivity index (χ2n) is 13.0. The number of hydrogen-bond acceptors (Lipinski definition) is 8. The quantitative estimate of drug-likeness (QED) is 0.0996. The minimum atomic E-state index is -0.966. The zero-order valence-corrected chi connectivity index (χ0v) is 27.2. The molecule has 0 fully saturated rings. The van der Waals surface area contributed by atoms with E-state index in [4.69, 9.17) is 20.9 Å². The van der Waals surface area contributed by atoms with Crippen molar-refractivity contribution in [2.24, 2.45) is 28.2 Å². The van der Waals surface area contributed by atoms with Gasteiger partial charge in [-0.15, -0.1) is 0 Å². The zero-order chi connectivity index (χ0) is 33.5. The van der Waals surface area contributed by atoms with E-state index in [1.165, 1.54) is 6.92 Å². The predicted octanol–water partition coefficient (Wildman–Crippen LogP) is 2.18. The van der Waals surface area contributed by atoms with E-state index in [0.717, 1.165) is 5.56 Å². The Kier molecular flexibility index (Phi) is 15.8. The topological polar surface area (TPSA) is 204 Å². The Hall–Kier alpha value is -3.71. The number of hydrogen-bond donors (Lipinski definition) is 6. The van der Waals surface area contributed by atoms with Crippen LogP contribution >= 0.6 is 0 Å². The van der Waals surface area contributed by atoms with Crippen LogP contribution in [0, 0.1) is 16.7 Å². The van der Waals surface area contributed by atoms with Crippen molar-refractivity contribution in [3.8, 4) is 0 Å². The van der Waals surface area contributed by atoms with Gasteiger partial charge in [-0.05, 0) is 48.4 Å². The molecule has 44 heavy (non-hydrogen) atoms. The van der Waals surface area contributed by atoms with Crippen LogP contribution in [0.15, 0.2) is 24.3 Å². The molecular weight excluding hydrogens is 568 g/mol. The van der Waals surface area contributed by atoms with Gasteiger partial charge in [0.25, 0.3) is 0 Å². The van der Waals surface area contributed by atoms with Gasteiger partial charge in [-0.25, -0.2) is 4.79 Å². The lowest BCUT2D eigenvalue weighted by Gasteiger charge is -2.29. The van der Waals surface area contributed by atoms with Crippen molar-refractivity contribution in [3.05, 3.63) is 29.8 Å². The number of esters is 1. The number of rotatable bonds is 19. The number of carbonyl (C=O) groups excluding carboxylic acids is 5. The Morgan fingerprint density at radius 2 is 1.52 bits per heavy atom. The third-order valence-electron chi connectivity index (χ3n) is 6.71. The van der Waals surface area contributed by atoms with Crippen LogP contribution in [0.3, 0.4) is 0 Å². The van der Waals surface area contributed by atoms with Crippen LogP contribution in [0.25, 0.3) is 0 Å². The fraction of sp³-hybridized carbons (Fsp3) is 0.645. The molecule has 0 aliphatic carbocycles. The van der Waals surface area contributed by atoms with E-state index >= 15 is 0 Å². The van der Waals surface area contributed by atoms with Gasteiger partial charge in [-0.2, -0.15) is 0 Å². The molecule has 1 rings (SSSR count). The Bertz CT molecular complexity index is 1110. The standard InChI is InChI=1S/C31H52N6O7/c1-20(2)26(37-25(39)15-30(4,5)18-43-19-31(6,7)17-32)28(41)36-24(9-8-14-34-29(33)42)27(40)35-23-12-10-22(11-13-23)16-44-21(3)38/h10-13,20,24,26H,8-9,14-19,32H2,1-7H3,(H,35,40)(H,36,41)(H,37,39)(H3,33,34,42)/t24-,26-/m0/s1. The summed E-state index contributed by atoms with van der Waals surface area (Å²) in [5.74, 6) is -1.97. The number of primary amides is 1. The van der Waals surface area contributed by atoms with Crippen LogP contribution in [0.2, 0.25) is 0 Å². The smallest absolute Gasteiger partial charge is 0.312 e. The SMILES string of the molecule is CC(=O)OCc1ccc(NC(=O)[C@H](CCCNC(N)=O)NC(=O)[C@@H](NC(=O)CC(C)(C)COCC(C)(C)CN)C(C)C)cc1. The monoisotopic (exact) mass is 620 g/mol. The minimum Gasteiger partial charge on any atom is -0.461 e. The van der Waals surface area contributed by atoms with Crippen molar-refractivity contribution in [3.63, 3.8) is 0 Å². The average molecular weight is 621 g/mol. The van der Waals surface area contributed by atoms with Crippen LogP contribution in [0.4, 0.5) is 10.5 Å². The molecular formula is C31H52N6O7. The molecule has 13 heteroatoms. The maximum atomic E-state index is 13.4. The Labute approximate surface area is 260 Å². The highest BCUT2D eigenvalue weighted by atomic mass is 16.5. The summed E-state index contributed by atoms with van der Waals surface area (Å²) in [7, 11) is 0. The second-order valence-corrected chi connectivity index (χ2v) is 13.0. The molecule has 13 nitrogen and oxygen atoms in total. The fourth-order valence-electron chi connectivity index (χ4n) is 4.05. The number of amides is 5. The van der Waals surface area contributed by atoms with E-state index in [-0.39, 0.29) is 43.2 Å². The third kappa shape index (κ3) is 15.7. The Morgan fingerprint density at radius 1 is 0.909 bits per heavy atom. The summed E-state index contributed by atoms with van der Waals surface area (Å²) in [4.78, 5) is 61.8. The van der Waals surface area contributed by atoms with Gasteiger partial charge in [-0.1, -0.05) is 53.7 Å². The Balaban J connectivity index is 2.91. The number of nitrogens with one attached hydrogen (secondary N) is 4. The first-order chi connectivity index (χ1) is 20.4. The highest BCUT2D eigenvalue weighted by molar-refractivity contribution is 5.98. The van der Waals surface area contributed by atoms with Crippen molar-refractivity contribution >= 4 is 35.4 Å². The van der Waals surface area contributed by atoms with E-state index < -0.39 is 41.3 Å². The van der Waals surface area contributed by atoms with Gasteiger partial charge in [0.2, 0.25) is 17.7 Å². The first-order valence-electron chi connectivity index (χ1n) is 14.9. The van der Waals surface area contributed by atoms with Gasteiger partial charge >= 0.3 is 12.0 Å². The summed E-state index contributed by atoms with van der Waals surface area (Å²) in [6.07, 6.45) is 0.684. The molecule has 8 N–H and O–H groups in total. The lowest BCUT2D eigenvalue weighted by atomic mass is 9.89. The molecule has 0 saturated carbocycles. The first kappa shape index (κ1) is 38.3. The Morgan fingerprint density at radius 3 is 2.07 bits per heavy atom. The fourth-order valence-corrected chi connectivity index (χ4v) is 4.05. The number of ether oxygens (including phenoxy) is 2. The zero-order valence-electron chi connectivity index (χ0n) is 27.2. The van der Waals surface area contributed by atoms with Crippen molar-refractivity contribution in [1.29, 1.82) is 0 Å². The van der Waals surface area contributed by atoms with Gasteiger partial charge in [-0.3, -0.25) is 19.2 Å². The van der Waals surface area contributed by atoms with E-state index in [1.807, 2.05) is 27.7 Å². The number of nitrogens with two attached hydrogens (primary N) is 2. The molecule has 5 amide bonds. The number of carbonyl (C=O) groups is 5. The average Bonchev–Trinajstić information content (AvgIpc) is 2.91. The molecule has 0 heterocycles. The van der Waals surface area contributed by atoms with E-state index in [1.54, 1.807) is 38.1 Å². The summed E-state index contributed by atoms with van der Waals surface area (Å²) in [5, 5.41) is 10.8. The van der Waals surface area contributed by atoms with Gasteiger partial charge in [0.15, 0.2) is 0 Å².